The fraction of sp³-hybridized carbons (Fsp3) is 0.462. The summed E-state index contributed by atoms with van der Waals surface area (Å²) in [5.41, 5.74) is 1.06. The molecule has 0 saturated carbocycles. The Bertz CT molecular complexity index is 511. The van der Waals surface area contributed by atoms with Crippen LogP contribution in [-0.4, -0.2) is 36.5 Å². The van der Waals surface area contributed by atoms with Crippen LogP contribution in [0.3, 0.4) is 0 Å². The summed E-state index contributed by atoms with van der Waals surface area (Å²) < 4.78 is 18.6. The maximum absolute atomic E-state index is 5.77. The second kappa shape index (κ2) is 4.60. The number of fused-ring (bicyclic) bond motifs is 1. The van der Waals surface area contributed by atoms with Crippen LogP contribution in [0.4, 0.5) is 0 Å². The Morgan fingerprint density at radius 1 is 1.11 bits per heavy atom. The molecule has 2 aliphatic rings. The Balaban J connectivity index is 0.00000120. The Labute approximate surface area is 124 Å². The van der Waals surface area contributed by atoms with E-state index in [1.165, 1.54) is 0 Å². The molecule has 98 valence electrons. The van der Waals surface area contributed by atoms with Crippen molar-refractivity contribution in [3.8, 4) is 11.5 Å². The van der Waals surface area contributed by atoms with E-state index in [0.717, 1.165) is 23.0 Å². The summed E-state index contributed by atoms with van der Waals surface area (Å²) in [4.78, 5) is 0. The quantitative estimate of drug-likeness (QED) is 0.456. The van der Waals surface area contributed by atoms with Gasteiger partial charge in [0.05, 0.1) is 5.56 Å². The highest BCUT2D eigenvalue weighted by atomic mass is 127. The average Bonchev–Trinajstić information content (AvgIpc) is 2.84. The lowest BCUT2D eigenvalue weighted by atomic mass is 10.1. The molecule has 5 heteroatoms. The van der Waals surface area contributed by atoms with Gasteiger partial charge in [0, 0.05) is 19.9 Å². The number of hydrogen-bond donors (Lipinski definition) is 0. The largest absolute Gasteiger partial charge is 1.00 e. The smallest absolute Gasteiger partial charge is 0.370 e. The molecule has 0 N–H and O–H groups in total. The van der Waals surface area contributed by atoms with Gasteiger partial charge in [0.15, 0.2) is 23.6 Å². The van der Waals surface area contributed by atoms with Crippen molar-refractivity contribution in [1.29, 1.82) is 0 Å². The van der Waals surface area contributed by atoms with Crippen LogP contribution in [0.5, 0.6) is 11.5 Å². The lowest BCUT2D eigenvalue weighted by molar-refractivity contribution is -0.562. The van der Waals surface area contributed by atoms with Crippen molar-refractivity contribution in [2.24, 2.45) is 0 Å². The third kappa shape index (κ3) is 2.04. The molecule has 0 fully saturated rings. The molecule has 0 atom stereocenters. The summed E-state index contributed by atoms with van der Waals surface area (Å²) in [5, 5.41) is 0. The molecule has 2 aliphatic heterocycles. The summed E-state index contributed by atoms with van der Waals surface area (Å²) in [7, 11) is 2.05. The van der Waals surface area contributed by atoms with Crippen molar-refractivity contribution in [2.75, 3.05) is 20.4 Å². The molecule has 0 spiro atoms. The second-order valence-electron chi connectivity index (χ2n) is 5.03. The van der Waals surface area contributed by atoms with Crippen molar-refractivity contribution < 1.29 is 42.8 Å². The van der Waals surface area contributed by atoms with Crippen molar-refractivity contribution in [2.45, 2.75) is 19.4 Å². The van der Waals surface area contributed by atoms with Gasteiger partial charge < -0.3 is 38.2 Å². The molecular formula is C13H16INO3. The van der Waals surface area contributed by atoms with Gasteiger partial charge in [0.1, 0.15) is 7.05 Å². The molecule has 0 amide bonds. The standard InChI is InChI=1S/C13H16NO3.HI/c1-13(2)7-15-12(14(13)3)9-4-5-10-11(6-9)17-8-16-10;/h4-6H,7-8H2,1-3H3;1H/q+1;/p-1. The van der Waals surface area contributed by atoms with Crippen LogP contribution in [0.2, 0.25) is 0 Å². The van der Waals surface area contributed by atoms with Crippen LogP contribution < -0.4 is 33.5 Å². The lowest BCUT2D eigenvalue weighted by Gasteiger charge is -2.09. The molecule has 1 aromatic carbocycles. The molecule has 4 nitrogen and oxygen atoms in total. The average molecular weight is 361 g/mol. The van der Waals surface area contributed by atoms with Gasteiger partial charge >= 0.3 is 5.90 Å². The van der Waals surface area contributed by atoms with Gasteiger partial charge in [-0.05, 0) is 12.1 Å². The highest BCUT2D eigenvalue weighted by Gasteiger charge is 2.40. The first-order valence-corrected chi connectivity index (χ1v) is 5.71. The van der Waals surface area contributed by atoms with Crippen LogP contribution in [0, 0.1) is 0 Å². The number of halogens is 1. The molecule has 0 unspecified atom stereocenters. The molecule has 0 saturated heterocycles. The van der Waals surface area contributed by atoms with E-state index in [4.69, 9.17) is 14.2 Å². The first-order chi connectivity index (χ1) is 8.08. The topological polar surface area (TPSA) is 30.7 Å². The van der Waals surface area contributed by atoms with Crippen LogP contribution in [-0.2, 0) is 4.74 Å². The summed E-state index contributed by atoms with van der Waals surface area (Å²) in [6.07, 6.45) is 0. The monoisotopic (exact) mass is 361 g/mol. The number of likely N-dealkylation sites (N-methyl/N-ethyl adjacent to an activating group) is 1. The van der Waals surface area contributed by atoms with Gasteiger partial charge in [-0.25, -0.2) is 0 Å². The highest BCUT2D eigenvalue weighted by molar-refractivity contribution is 5.91. The zero-order valence-corrected chi connectivity index (χ0v) is 12.9. The fourth-order valence-electron chi connectivity index (χ4n) is 2.02. The summed E-state index contributed by atoms with van der Waals surface area (Å²) in [5.74, 6) is 2.49. The highest BCUT2D eigenvalue weighted by Crippen LogP contribution is 2.33. The van der Waals surface area contributed by atoms with Gasteiger partial charge in [0.2, 0.25) is 6.79 Å². The van der Waals surface area contributed by atoms with Crippen LogP contribution >= 0.6 is 0 Å². The molecule has 0 aromatic heterocycles. The van der Waals surface area contributed by atoms with Crippen LogP contribution in [0.1, 0.15) is 19.4 Å². The zero-order valence-electron chi connectivity index (χ0n) is 10.7. The third-order valence-electron chi connectivity index (χ3n) is 3.39. The fourth-order valence-corrected chi connectivity index (χ4v) is 2.02. The molecule has 1 aromatic rings. The minimum absolute atomic E-state index is 0. The Morgan fingerprint density at radius 2 is 1.83 bits per heavy atom. The SMILES string of the molecule is C[N+]1=C(c2ccc3c(c2)OCO3)OCC1(C)C.[I-]. The van der Waals surface area contributed by atoms with Gasteiger partial charge in [-0.2, -0.15) is 4.58 Å². The molecule has 0 bridgehead atoms. The summed E-state index contributed by atoms with van der Waals surface area (Å²) in [6.45, 7) is 5.32. The van der Waals surface area contributed by atoms with Crippen molar-refractivity contribution in [3.63, 3.8) is 0 Å². The van der Waals surface area contributed by atoms with E-state index in [1.807, 2.05) is 25.2 Å². The molecule has 0 radical (unpaired) electrons. The molecular weight excluding hydrogens is 345 g/mol. The van der Waals surface area contributed by atoms with E-state index in [0.29, 0.717) is 13.4 Å². The summed E-state index contributed by atoms with van der Waals surface area (Å²) in [6, 6.07) is 5.89. The molecule has 2 heterocycles. The lowest BCUT2D eigenvalue weighted by Crippen LogP contribution is -3.00. The number of ether oxygens (including phenoxy) is 3. The van der Waals surface area contributed by atoms with E-state index in [9.17, 15) is 0 Å². The second-order valence-corrected chi connectivity index (χ2v) is 5.03. The van der Waals surface area contributed by atoms with E-state index < -0.39 is 0 Å². The van der Waals surface area contributed by atoms with Gasteiger partial charge in [0.25, 0.3) is 0 Å². The maximum atomic E-state index is 5.77. The summed E-state index contributed by atoms with van der Waals surface area (Å²) >= 11 is 0. The number of benzene rings is 1. The van der Waals surface area contributed by atoms with Gasteiger partial charge in [-0.1, -0.05) is 0 Å². The third-order valence-corrected chi connectivity index (χ3v) is 3.39. The zero-order chi connectivity index (χ0) is 12.0. The van der Waals surface area contributed by atoms with E-state index in [1.54, 1.807) is 0 Å². The van der Waals surface area contributed by atoms with Crippen LogP contribution in [0.25, 0.3) is 0 Å². The van der Waals surface area contributed by atoms with Crippen molar-refractivity contribution >= 4 is 5.90 Å². The molecule has 0 aliphatic carbocycles. The van der Waals surface area contributed by atoms with E-state index >= 15 is 0 Å². The number of rotatable bonds is 1. The van der Waals surface area contributed by atoms with Crippen molar-refractivity contribution in [1.82, 2.24) is 0 Å². The predicted octanol–water partition coefficient (Wildman–Crippen LogP) is -1.38. The Kier molecular flexibility index (Phi) is 3.44. The van der Waals surface area contributed by atoms with Gasteiger partial charge in [-0.15, -0.1) is 0 Å². The van der Waals surface area contributed by atoms with E-state index in [-0.39, 0.29) is 29.5 Å². The van der Waals surface area contributed by atoms with E-state index in [2.05, 4.69) is 18.4 Å². The predicted molar refractivity (Wildman–Crippen MR) is 62.9 cm³/mol. The normalized spacial score (nSPS) is 19.5. The van der Waals surface area contributed by atoms with Gasteiger partial charge in [-0.3, -0.25) is 0 Å². The Hall–Kier alpha value is -0.980. The first-order valence-electron chi connectivity index (χ1n) is 5.71. The minimum Gasteiger partial charge on any atom is -1.00 e. The van der Waals surface area contributed by atoms with Crippen LogP contribution in [0.15, 0.2) is 18.2 Å². The Morgan fingerprint density at radius 3 is 2.50 bits per heavy atom. The molecule has 18 heavy (non-hydrogen) atoms. The maximum Gasteiger partial charge on any atom is 0.370 e. The number of nitrogens with zero attached hydrogens (tertiary/aromatic N) is 1. The minimum atomic E-state index is 0. The first kappa shape index (κ1) is 13.5. The van der Waals surface area contributed by atoms with Crippen molar-refractivity contribution in [3.05, 3.63) is 23.8 Å². The number of hydrogen-bond acceptors (Lipinski definition) is 3. The molecule has 3 rings (SSSR count).